The van der Waals surface area contributed by atoms with Gasteiger partial charge in [0, 0.05) is 0 Å². The topological polar surface area (TPSA) is 0 Å². The Bertz CT molecular complexity index is 551. The molecule has 0 nitrogen and oxygen atoms in total. The second kappa shape index (κ2) is 10.7. The maximum atomic E-state index is 2.41. The van der Waals surface area contributed by atoms with Crippen LogP contribution >= 0.6 is 7.92 Å². The maximum Gasteiger partial charge on any atom is -0.0163 e. The Morgan fingerprint density at radius 2 is 1.08 bits per heavy atom. The zero-order valence-electron chi connectivity index (χ0n) is 15.7. The molecule has 2 aromatic carbocycles. The van der Waals surface area contributed by atoms with E-state index < -0.39 is 0 Å². The van der Waals surface area contributed by atoms with Gasteiger partial charge in [0.05, 0.1) is 0 Å². The number of benzene rings is 2. The number of aryl methyl sites for hydroxylation is 2. The van der Waals surface area contributed by atoms with Gasteiger partial charge in [-0.2, -0.15) is 0 Å². The first-order chi connectivity index (χ1) is 11.8. The average Bonchev–Trinajstić information content (AvgIpc) is 2.63. The summed E-state index contributed by atoms with van der Waals surface area (Å²) in [5.74, 6) is 0. The fourth-order valence-corrected chi connectivity index (χ4v) is 6.09. The van der Waals surface area contributed by atoms with Gasteiger partial charge in [0.25, 0.3) is 0 Å². The molecule has 0 N–H and O–H groups in total. The fourth-order valence-electron chi connectivity index (χ4n) is 3.30. The van der Waals surface area contributed by atoms with E-state index in [2.05, 4.69) is 69.3 Å². The van der Waals surface area contributed by atoms with E-state index in [9.17, 15) is 0 Å². The maximum absolute atomic E-state index is 2.41. The van der Waals surface area contributed by atoms with Crippen molar-refractivity contribution >= 4 is 18.5 Å². The van der Waals surface area contributed by atoms with Gasteiger partial charge >= 0.3 is 0 Å². The number of hydrogen-bond donors (Lipinski definition) is 0. The van der Waals surface area contributed by atoms with Gasteiger partial charge in [-0.15, -0.1) is 0 Å². The van der Waals surface area contributed by atoms with Crippen molar-refractivity contribution in [3.05, 3.63) is 59.7 Å². The van der Waals surface area contributed by atoms with Gasteiger partial charge in [0.1, 0.15) is 0 Å². The molecule has 1 heteroatoms. The van der Waals surface area contributed by atoms with E-state index in [-0.39, 0.29) is 7.92 Å². The highest BCUT2D eigenvalue weighted by Gasteiger charge is 2.18. The monoisotopic (exact) mass is 340 g/mol. The minimum absolute atomic E-state index is 0.226. The van der Waals surface area contributed by atoms with Gasteiger partial charge in [-0.1, -0.05) is 88.6 Å². The summed E-state index contributed by atoms with van der Waals surface area (Å²) in [5, 5.41) is 3.26. The summed E-state index contributed by atoms with van der Waals surface area (Å²) in [7, 11) is -0.226. The molecule has 0 aliphatic rings. The molecule has 0 unspecified atom stereocenters. The van der Waals surface area contributed by atoms with Crippen LogP contribution in [0.5, 0.6) is 0 Å². The highest BCUT2D eigenvalue weighted by molar-refractivity contribution is 7.73. The Kier molecular flexibility index (Phi) is 8.54. The second-order valence-electron chi connectivity index (χ2n) is 6.62. The highest BCUT2D eigenvalue weighted by Crippen LogP contribution is 2.37. The molecule has 0 fully saturated rings. The summed E-state index contributed by atoms with van der Waals surface area (Å²) < 4.78 is 0. The average molecular weight is 340 g/mol. The Morgan fingerprint density at radius 1 is 0.625 bits per heavy atom. The van der Waals surface area contributed by atoms with Crippen LogP contribution in [0.4, 0.5) is 0 Å². The SMILES string of the molecule is CCCCc1ccccc1P(CCC)c1ccccc1CCCC. The lowest BCUT2D eigenvalue weighted by Gasteiger charge is -2.24. The van der Waals surface area contributed by atoms with Gasteiger partial charge in [-0.05, 0) is 61.5 Å². The van der Waals surface area contributed by atoms with Crippen LogP contribution in [-0.4, -0.2) is 6.16 Å². The molecule has 0 aliphatic heterocycles. The van der Waals surface area contributed by atoms with Crippen LogP contribution in [0.1, 0.15) is 64.0 Å². The van der Waals surface area contributed by atoms with Crippen molar-refractivity contribution in [2.75, 3.05) is 6.16 Å². The molecule has 0 atom stereocenters. The molecular formula is C23H33P. The first-order valence-electron chi connectivity index (χ1n) is 9.75. The van der Waals surface area contributed by atoms with Gasteiger partial charge in [-0.25, -0.2) is 0 Å². The predicted octanol–water partition coefficient (Wildman–Crippen LogP) is 6.21. The van der Waals surface area contributed by atoms with E-state index in [1.54, 1.807) is 21.7 Å². The van der Waals surface area contributed by atoms with E-state index in [0.717, 1.165) is 0 Å². The molecule has 0 radical (unpaired) electrons. The summed E-state index contributed by atoms with van der Waals surface area (Å²) in [6, 6.07) is 18.5. The first kappa shape index (κ1) is 19.2. The predicted molar refractivity (Wildman–Crippen MR) is 111 cm³/mol. The quantitative estimate of drug-likeness (QED) is 0.451. The third kappa shape index (κ3) is 5.18. The van der Waals surface area contributed by atoms with Crippen molar-refractivity contribution in [3.8, 4) is 0 Å². The number of unbranched alkanes of at least 4 members (excludes halogenated alkanes) is 2. The van der Waals surface area contributed by atoms with Crippen molar-refractivity contribution in [1.29, 1.82) is 0 Å². The van der Waals surface area contributed by atoms with Crippen LogP contribution in [0, 0.1) is 0 Å². The second-order valence-corrected chi connectivity index (χ2v) is 8.88. The standard InChI is InChI=1S/C23H33P/c1-4-7-13-20-15-9-11-17-22(20)24(19-6-3)23-18-12-10-16-21(23)14-8-5-2/h9-12,15-18H,4-8,13-14,19H2,1-3H3. The van der Waals surface area contributed by atoms with E-state index >= 15 is 0 Å². The normalized spacial score (nSPS) is 11.2. The van der Waals surface area contributed by atoms with E-state index in [1.165, 1.54) is 51.1 Å². The van der Waals surface area contributed by atoms with Gasteiger partial charge < -0.3 is 0 Å². The molecule has 0 spiro atoms. The number of hydrogen-bond acceptors (Lipinski definition) is 0. The van der Waals surface area contributed by atoms with E-state index in [1.807, 2.05) is 0 Å². The molecule has 0 saturated heterocycles. The van der Waals surface area contributed by atoms with Gasteiger partial charge in [0.2, 0.25) is 0 Å². The largest absolute Gasteiger partial charge is 0.0654 e. The van der Waals surface area contributed by atoms with Crippen LogP contribution < -0.4 is 10.6 Å². The Labute approximate surface area is 150 Å². The summed E-state index contributed by atoms with van der Waals surface area (Å²) in [4.78, 5) is 0. The van der Waals surface area contributed by atoms with Crippen molar-refractivity contribution in [1.82, 2.24) is 0 Å². The lowest BCUT2D eigenvalue weighted by Crippen LogP contribution is -2.20. The Morgan fingerprint density at radius 3 is 1.50 bits per heavy atom. The lowest BCUT2D eigenvalue weighted by molar-refractivity contribution is 0.797. The molecule has 0 aliphatic carbocycles. The van der Waals surface area contributed by atoms with Gasteiger partial charge in [-0.3, -0.25) is 0 Å². The third-order valence-electron chi connectivity index (χ3n) is 4.61. The molecule has 0 heterocycles. The Balaban J connectivity index is 2.40. The summed E-state index contributed by atoms with van der Waals surface area (Å²) in [6.07, 6.45) is 10.2. The summed E-state index contributed by atoms with van der Waals surface area (Å²) in [5.41, 5.74) is 3.17. The highest BCUT2D eigenvalue weighted by atomic mass is 31.1. The van der Waals surface area contributed by atoms with E-state index in [4.69, 9.17) is 0 Å². The van der Waals surface area contributed by atoms with Crippen LogP contribution in [0.2, 0.25) is 0 Å². The minimum Gasteiger partial charge on any atom is -0.0654 e. The third-order valence-corrected chi connectivity index (χ3v) is 7.54. The fraction of sp³-hybridized carbons (Fsp3) is 0.478. The molecule has 0 aromatic heterocycles. The van der Waals surface area contributed by atoms with Crippen molar-refractivity contribution in [2.24, 2.45) is 0 Å². The molecule has 0 saturated carbocycles. The minimum atomic E-state index is -0.226. The smallest absolute Gasteiger partial charge is 0.0163 e. The molecule has 2 rings (SSSR count). The summed E-state index contributed by atoms with van der Waals surface area (Å²) >= 11 is 0. The molecule has 0 bridgehead atoms. The van der Waals surface area contributed by atoms with Crippen molar-refractivity contribution in [3.63, 3.8) is 0 Å². The van der Waals surface area contributed by atoms with Crippen molar-refractivity contribution < 1.29 is 0 Å². The molecule has 2 aromatic rings. The zero-order chi connectivity index (χ0) is 17.2. The zero-order valence-corrected chi connectivity index (χ0v) is 16.6. The van der Waals surface area contributed by atoms with Gasteiger partial charge in [0.15, 0.2) is 0 Å². The van der Waals surface area contributed by atoms with Crippen LogP contribution in [0.3, 0.4) is 0 Å². The Hall–Kier alpha value is -1.13. The molecule has 0 amide bonds. The molecule has 130 valence electrons. The summed E-state index contributed by atoms with van der Waals surface area (Å²) in [6.45, 7) is 6.91. The lowest BCUT2D eigenvalue weighted by atomic mass is 10.1. The first-order valence-corrected chi connectivity index (χ1v) is 11.3. The molecular weight excluding hydrogens is 307 g/mol. The molecule has 24 heavy (non-hydrogen) atoms. The van der Waals surface area contributed by atoms with E-state index in [0.29, 0.717) is 0 Å². The number of rotatable bonds is 10. The van der Waals surface area contributed by atoms with Crippen LogP contribution in [-0.2, 0) is 12.8 Å². The van der Waals surface area contributed by atoms with Crippen LogP contribution in [0.25, 0.3) is 0 Å². The van der Waals surface area contributed by atoms with Crippen molar-refractivity contribution in [2.45, 2.75) is 65.7 Å². The van der Waals surface area contributed by atoms with Crippen LogP contribution in [0.15, 0.2) is 48.5 Å².